The van der Waals surface area contributed by atoms with Gasteiger partial charge in [0, 0.05) is 18.7 Å². The highest BCUT2D eigenvalue weighted by Crippen LogP contribution is 2.59. The molecule has 1 unspecified atom stereocenters. The van der Waals surface area contributed by atoms with E-state index in [-0.39, 0.29) is 17.2 Å². The number of hydrogen-bond acceptors (Lipinski definition) is 3. The van der Waals surface area contributed by atoms with Gasteiger partial charge in [-0.3, -0.25) is 9.59 Å². The van der Waals surface area contributed by atoms with Gasteiger partial charge in [0.25, 0.3) is 5.91 Å². The Morgan fingerprint density at radius 1 is 1.36 bits per heavy atom. The molecule has 3 rings (SSSR count). The Balaban J connectivity index is 1.63. The van der Waals surface area contributed by atoms with Crippen molar-refractivity contribution in [2.45, 2.75) is 26.2 Å². The lowest BCUT2D eigenvalue weighted by Crippen LogP contribution is -2.40. The minimum absolute atomic E-state index is 0.00364. The van der Waals surface area contributed by atoms with E-state index in [9.17, 15) is 9.59 Å². The summed E-state index contributed by atoms with van der Waals surface area (Å²) in [5, 5.41) is 9.11. The summed E-state index contributed by atoms with van der Waals surface area (Å²) >= 11 is 0. The van der Waals surface area contributed by atoms with E-state index in [1.165, 1.54) is 0 Å². The molecule has 1 spiro atoms. The first-order chi connectivity index (χ1) is 10.6. The topological polar surface area (TPSA) is 66.8 Å². The Morgan fingerprint density at radius 2 is 2.09 bits per heavy atom. The standard InChI is InChI=1S/C17H21NO4/c1-2-22-13-5-3-4-12(10-13)15(19)18-8-6-17(7-9-18)11-14(17)16(20)21/h3-5,10,14H,2,6-9,11H2,1H3,(H,20,21). The van der Waals surface area contributed by atoms with Gasteiger partial charge in [0.15, 0.2) is 0 Å². The number of piperidine rings is 1. The molecule has 1 atom stereocenters. The maximum atomic E-state index is 12.6. The number of hydrogen-bond donors (Lipinski definition) is 1. The zero-order valence-corrected chi connectivity index (χ0v) is 12.7. The van der Waals surface area contributed by atoms with E-state index >= 15 is 0 Å². The summed E-state index contributed by atoms with van der Waals surface area (Å²) in [5.41, 5.74) is 0.586. The highest BCUT2D eigenvalue weighted by atomic mass is 16.5. The van der Waals surface area contributed by atoms with E-state index < -0.39 is 5.97 Å². The summed E-state index contributed by atoms with van der Waals surface area (Å²) in [6.07, 6.45) is 2.35. The van der Waals surface area contributed by atoms with E-state index in [1.54, 1.807) is 12.1 Å². The summed E-state index contributed by atoms with van der Waals surface area (Å²) in [6.45, 7) is 3.76. The fraction of sp³-hybridized carbons (Fsp3) is 0.529. The fourth-order valence-corrected chi connectivity index (χ4v) is 3.47. The van der Waals surface area contributed by atoms with Crippen LogP contribution in [0.25, 0.3) is 0 Å². The number of nitrogens with zero attached hydrogens (tertiary/aromatic N) is 1. The molecule has 1 aliphatic heterocycles. The van der Waals surface area contributed by atoms with Crippen LogP contribution in [0.4, 0.5) is 0 Å². The smallest absolute Gasteiger partial charge is 0.307 e. The first kappa shape index (κ1) is 14.9. The lowest BCUT2D eigenvalue weighted by molar-refractivity contribution is -0.139. The highest BCUT2D eigenvalue weighted by Gasteiger charge is 2.59. The number of rotatable bonds is 4. The van der Waals surface area contributed by atoms with Crippen molar-refractivity contribution in [2.75, 3.05) is 19.7 Å². The molecular formula is C17H21NO4. The van der Waals surface area contributed by atoms with Crippen molar-refractivity contribution in [1.82, 2.24) is 4.90 Å². The largest absolute Gasteiger partial charge is 0.494 e. The number of carbonyl (C=O) groups is 2. The number of carboxylic acid groups (broad SMARTS) is 1. The van der Waals surface area contributed by atoms with Crippen molar-refractivity contribution in [3.63, 3.8) is 0 Å². The molecule has 1 heterocycles. The third kappa shape index (κ3) is 2.67. The number of amides is 1. The maximum absolute atomic E-state index is 12.6. The van der Waals surface area contributed by atoms with Crippen LogP contribution in [0.15, 0.2) is 24.3 Å². The van der Waals surface area contributed by atoms with Crippen molar-refractivity contribution in [2.24, 2.45) is 11.3 Å². The molecule has 2 fully saturated rings. The Bertz CT molecular complexity index is 590. The number of ether oxygens (including phenoxy) is 1. The molecule has 22 heavy (non-hydrogen) atoms. The molecule has 1 N–H and O–H groups in total. The first-order valence-corrected chi connectivity index (χ1v) is 7.81. The molecule has 1 aliphatic carbocycles. The van der Waals surface area contributed by atoms with E-state index in [0.717, 1.165) is 19.3 Å². The van der Waals surface area contributed by atoms with Crippen molar-refractivity contribution in [3.05, 3.63) is 29.8 Å². The molecule has 5 heteroatoms. The van der Waals surface area contributed by atoms with Gasteiger partial charge in [-0.25, -0.2) is 0 Å². The maximum Gasteiger partial charge on any atom is 0.307 e. The van der Waals surface area contributed by atoms with Gasteiger partial charge in [-0.2, -0.15) is 0 Å². The second kappa shape index (κ2) is 5.63. The average Bonchev–Trinajstić information content (AvgIpc) is 3.22. The van der Waals surface area contributed by atoms with E-state index in [0.29, 0.717) is 31.0 Å². The lowest BCUT2D eigenvalue weighted by Gasteiger charge is -2.32. The normalized spacial score (nSPS) is 22.4. The summed E-state index contributed by atoms with van der Waals surface area (Å²) in [7, 11) is 0. The van der Waals surface area contributed by atoms with Gasteiger partial charge < -0.3 is 14.7 Å². The molecule has 118 valence electrons. The lowest BCUT2D eigenvalue weighted by atomic mass is 9.90. The molecule has 5 nitrogen and oxygen atoms in total. The van der Waals surface area contributed by atoms with Gasteiger partial charge in [-0.15, -0.1) is 0 Å². The molecule has 0 aromatic heterocycles. The number of benzene rings is 1. The Hall–Kier alpha value is -2.04. The average molecular weight is 303 g/mol. The zero-order chi connectivity index (χ0) is 15.7. The van der Waals surface area contributed by atoms with Crippen LogP contribution in [-0.2, 0) is 4.79 Å². The van der Waals surface area contributed by atoms with Gasteiger partial charge in [-0.05, 0) is 49.8 Å². The predicted molar refractivity (Wildman–Crippen MR) is 80.9 cm³/mol. The van der Waals surface area contributed by atoms with Gasteiger partial charge in [-0.1, -0.05) is 6.07 Å². The SMILES string of the molecule is CCOc1cccc(C(=O)N2CCC3(CC2)CC3C(=O)O)c1. The molecule has 1 aromatic rings. The number of aliphatic carboxylic acids is 1. The summed E-state index contributed by atoms with van der Waals surface area (Å²) in [5.74, 6) is -0.186. The zero-order valence-electron chi connectivity index (χ0n) is 12.7. The minimum Gasteiger partial charge on any atom is -0.494 e. The summed E-state index contributed by atoms with van der Waals surface area (Å²) < 4.78 is 5.43. The second-order valence-corrected chi connectivity index (χ2v) is 6.21. The van der Waals surface area contributed by atoms with Crippen LogP contribution in [0, 0.1) is 11.3 Å². The molecule has 2 aliphatic rings. The second-order valence-electron chi connectivity index (χ2n) is 6.21. The van der Waals surface area contributed by atoms with Crippen LogP contribution in [0.2, 0.25) is 0 Å². The third-order valence-corrected chi connectivity index (χ3v) is 4.93. The molecule has 1 amide bonds. The van der Waals surface area contributed by atoms with Crippen molar-refractivity contribution >= 4 is 11.9 Å². The van der Waals surface area contributed by atoms with Crippen LogP contribution in [0.1, 0.15) is 36.5 Å². The van der Waals surface area contributed by atoms with Gasteiger partial charge in [0.2, 0.25) is 0 Å². The van der Waals surface area contributed by atoms with Crippen LogP contribution in [-0.4, -0.2) is 41.6 Å². The van der Waals surface area contributed by atoms with Crippen LogP contribution in [0.5, 0.6) is 5.75 Å². The van der Waals surface area contributed by atoms with Gasteiger partial charge in [0.1, 0.15) is 5.75 Å². The molecule has 0 radical (unpaired) electrons. The van der Waals surface area contributed by atoms with Crippen LogP contribution >= 0.6 is 0 Å². The number of likely N-dealkylation sites (tertiary alicyclic amines) is 1. The molecular weight excluding hydrogens is 282 g/mol. The number of carbonyl (C=O) groups excluding carboxylic acids is 1. The van der Waals surface area contributed by atoms with Crippen LogP contribution in [0.3, 0.4) is 0 Å². The summed E-state index contributed by atoms with van der Waals surface area (Å²) in [6, 6.07) is 7.23. The van der Waals surface area contributed by atoms with Crippen molar-refractivity contribution in [3.8, 4) is 5.75 Å². The molecule has 1 aromatic carbocycles. The van der Waals surface area contributed by atoms with Gasteiger partial charge >= 0.3 is 5.97 Å². The first-order valence-electron chi connectivity index (χ1n) is 7.81. The fourth-order valence-electron chi connectivity index (χ4n) is 3.47. The van der Waals surface area contributed by atoms with Crippen LogP contribution < -0.4 is 4.74 Å². The molecule has 1 saturated heterocycles. The Morgan fingerprint density at radius 3 is 2.68 bits per heavy atom. The monoisotopic (exact) mass is 303 g/mol. The van der Waals surface area contributed by atoms with E-state index in [4.69, 9.17) is 9.84 Å². The Kier molecular flexibility index (Phi) is 3.81. The van der Waals surface area contributed by atoms with Crippen molar-refractivity contribution in [1.29, 1.82) is 0 Å². The number of carboxylic acids is 1. The minimum atomic E-state index is -0.691. The highest BCUT2D eigenvalue weighted by molar-refractivity contribution is 5.94. The van der Waals surface area contributed by atoms with E-state index in [2.05, 4.69) is 0 Å². The predicted octanol–water partition coefficient (Wildman–Crippen LogP) is 2.41. The van der Waals surface area contributed by atoms with E-state index in [1.807, 2.05) is 24.0 Å². The van der Waals surface area contributed by atoms with Gasteiger partial charge in [0.05, 0.1) is 12.5 Å². The Labute approximate surface area is 129 Å². The molecule has 0 bridgehead atoms. The third-order valence-electron chi connectivity index (χ3n) is 4.93. The van der Waals surface area contributed by atoms with Crippen molar-refractivity contribution < 1.29 is 19.4 Å². The quantitative estimate of drug-likeness (QED) is 0.927. The molecule has 1 saturated carbocycles. The summed E-state index contributed by atoms with van der Waals surface area (Å²) in [4.78, 5) is 25.5.